The molecule has 0 unspecified atom stereocenters. The number of hydrogen-bond acceptors (Lipinski definition) is 14. The van der Waals surface area contributed by atoms with E-state index in [2.05, 4.69) is 42.2 Å². The van der Waals surface area contributed by atoms with Crippen molar-refractivity contribution in [1.82, 2.24) is 42.1 Å². The molecule has 18 N–H and O–H groups in total. The molecule has 28 nitrogen and oxygen atoms in total. The maximum Gasteiger partial charge on any atom is 0.325 e. The largest absolute Gasteiger partial charge is 0.481 e. The highest BCUT2D eigenvalue weighted by atomic mass is 16.4. The van der Waals surface area contributed by atoms with Gasteiger partial charge in [0.15, 0.2) is 5.96 Å². The first-order valence-corrected chi connectivity index (χ1v) is 19.1. The Kier molecular flexibility index (Phi) is 22.3. The Bertz CT molecular complexity index is 1740. The summed E-state index contributed by atoms with van der Waals surface area (Å²) in [6, 6.07) is -10.4. The smallest absolute Gasteiger partial charge is 0.325 e. The first kappa shape index (κ1) is 52.9. The number of aliphatic carboxylic acids is 3. The summed E-state index contributed by atoms with van der Waals surface area (Å²) in [6.45, 7) is 0.887. The van der Waals surface area contributed by atoms with Gasteiger partial charge in [-0.3, -0.25) is 62.5 Å². The van der Waals surface area contributed by atoms with Gasteiger partial charge in [0.2, 0.25) is 53.2 Å². The van der Waals surface area contributed by atoms with Crippen LogP contribution in [0.25, 0.3) is 0 Å². The van der Waals surface area contributed by atoms with Crippen molar-refractivity contribution in [3.05, 3.63) is 0 Å². The highest BCUT2D eigenvalue weighted by molar-refractivity contribution is 5.98. The molecule has 0 saturated carbocycles. The highest BCUT2D eigenvalue weighted by Gasteiger charge is 2.39. The number of primary amides is 1. The number of nitrogens with zero attached hydrogens (tertiary/aromatic N) is 2. The van der Waals surface area contributed by atoms with Gasteiger partial charge in [0.25, 0.3) is 0 Å². The standard InChI is InChI=1S/C34H55N13O15/c1-15(41-29(57)17(5-3-9-39-34(37)38)45-30(58)20(12-26(53)54)44-23(49)13-35)27(55)46-19(11-25(51)52)28(56)40-14-24(50)43-18(7-8-22(36)48)32(60)47-10-4-6-21(47)31(59)42-16(2)33(61)62/h15-21H,3-14,35H2,1-2H3,(H2,36,48)(H,40,56)(H,41,57)(H,42,59)(H,43,50)(H,44,49)(H,45,58)(H,46,55)(H,51,52)(H,53,54)(H,61,62)(H4,37,38,39)/t15-,16-,17-,18-,19-,20-,21-/m0/s1. The lowest BCUT2D eigenvalue weighted by molar-refractivity contribution is -0.144. The SMILES string of the molecule is C[C@H](NC(=O)[C@@H]1CCCN1C(=O)[C@H](CCC(N)=O)NC(=O)CNC(=O)[C@H](CC(=O)O)NC(=O)[C@H](C)NC(=O)[C@H](CCCN=C(N)N)NC(=O)[C@H](CC(=O)O)NC(=O)CN)C(=O)O. The van der Waals surface area contributed by atoms with Crippen LogP contribution in [0.1, 0.15) is 65.2 Å². The minimum atomic E-state index is -1.85. The van der Waals surface area contributed by atoms with Crippen LogP contribution < -0.4 is 60.2 Å². The van der Waals surface area contributed by atoms with E-state index in [1.165, 1.54) is 6.92 Å². The number of guanidine groups is 1. The third-order valence-corrected chi connectivity index (χ3v) is 8.86. The Labute approximate surface area is 353 Å². The summed E-state index contributed by atoms with van der Waals surface area (Å²) in [6.07, 6.45) is -2.25. The molecule has 7 atom stereocenters. The molecule has 0 aliphatic carbocycles. The number of aliphatic imine (C=N–C) groups is 1. The van der Waals surface area contributed by atoms with Crippen LogP contribution >= 0.6 is 0 Å². The van der Waals surface area contributed by atoms with Crippen LogP contribution in [-0.4, -0.2) is 166 Å². The Balaban J connectivity index is 3.09. The summed E-state index contributed by atoms with van der Waals surface area (Å²) in [5.41, 5.74) is 21.1. The summed E-state index contributed by atoms with van der Waals surface area (Å²) in [4.78, 5) is 154. The van der Waals surface area contributed by atoms with Crippen LogP contribution in [-0.2, 0) is 57.5 Å². The molecule has 9 amide bonds. The zero-order valence-corrected chi connectivity index (χ0v) is 34.0. The first-order chi connectivity index (χ1) is 29.0. The first-order valence-electron chi connectivity index (χ1n) is 19.1. The molecule has 1 fully saturated rings. The molecule has 1 heterocycles. The van der Waals surface area contributed by atoms with Crippen molar-refractivity contribution >= 4 is 77.0 Å². The lowest BCUT2D eigenvalue weighted by Crippen LogP contribution is -2.58. The number of hydrogen-bond donors (Lipinski definition) is 14. The van der Waals surface area contributed by atoms with Crippen molar-refractivity contribution in [3.63, 3.8) is 0 Å². The Morgan fingerprint density at radius 2 is 1.24 bits per heavy atom. The maximum absolute atomic E-state index is 13.5. The molecule has 346 valence electrons. The Hall–Kier alpha value is -7.13. The van der Waals surface area contributed by atoms with Crippen molar-refractivity contribution in [1.29, 1.82) is 0 Å². The molecular formula is C34H55N13O15. The van der Waals surface area contributed by atoms with Crippen LogP contribution in [0.15, 0.2) is 4.99 Å². The van der Waals surface area contributed by atoms with Gasteiger partial charge in [0.1, 0.15) is 42.3 Å². The van der Waals surface area contributed by atoms with Gasteiger partial charge in [-0.1, -0.05) is 0 Å². The quantitative estimate of drug-likeness (QED) is 0.0207. The van der Waals surface area contributed by atoms with Gasteiger partial charge in [-0.2, -0.15) is 0 Å². The molecule has 0 aromatic heterocycles. The van der Waals surface area contributed by atoms with Crippen molar-refractivity contribution in [3.8, 4) is 0 Å². The highest BCUT2D eigenvalue weighted by Crippen LogP contribution is 2.20. The molecule has 0 aromatic rings. The summed E-state index contributed by atoms with van der Waals surface area (Å²) in [7, 11) is 0. The van der Waals surface area contributed by atoms with E-state index in [0.29, 0.717) is 6.42 Å². The third-order valence-electron chi connectivity index (χ3n) is 8.86. The van der Waals surface area contributed by atoms with Gasteiger partial charge in [-0.05, 0) is 46.0 Å². The van der Waals surface area contributed by atoms with Gasteiger partial charge in [-0.15, -0.1) is 0 Å². The monoisotopic (exact) mass is 885 g/mol. The minimum Gasteiger partial charge on any atom is -0.481 e. The predicted octanol–water partition coefficient (Wildman–Crippen LogP) is -7.65. The van der Waals surface area contributed by atoms with Crippen LogP contribution in [0.5, 0.6) is 0 Å². The van der Waals surface area contributed by atoms with E-state index >= 15 is 0 Å². The van der Waals surface area contributed by atoms with Gasteiger partial charge >= 0.3 is 17.9 Å². The van der Waals surface area contributed by atoms with Crippen LogP contribution in [0.3, 0.4) is 0 Å². The van der Waals surface area contributed by atoms with Crippen molar-refractivity contribution in [2.45, 2.75) is 108 Å². The lowest BCUT2D eigenvalue weighted by Gasteiger charge is -2.29. The molecule has 0 radical (unpaired) electrons. The zero-order valence-electron chi connectivity index (χ0n) is 34.0. The summed E-state index contributed by atoms with van der Waals surface area (Å²) >= 11 is 0. The predicted molar refractivity (Wildman–Crippen MR) is 210 cm³/mol. The van der Waals surface area contributed by atoms with E-state index in [9.17, 15) is 67.7 Å². The van der Waals surface area contributed by atoms with E-state index in [0.717, 1.165) is 11.8 Å². The molecule has 0 aromatic carbocycles. The zero-order chi connectivity index (χ0) is 47.3. The van der Waals surface area contributed by atoms with Gasteiger partial charge in [0.05, 0.1) is 25.9 Å². The van der Waals surface area contributed by atoms with Crippen LogP contribution in [0.4, 0.5) is 0 Å². The fourth-order valence-corrected chi connectivity index (χ4v) is 5.70. The number of carboxylic acid groups (broad SMARTS) is 3. The average molecular weight is 886 g/mol. The Morgan fingerprint density at radius 3 is 1.79 bits per heavy atom. The van der Waals surface area contributed by atoms with E-state index in [1.807, 2.05) is 0 Å². The topological polar surface area (TPSA) is 469 Å². The van der Waals surface area contributed by atoms with E-state index < -0.39 is 146 Å². The van der Waals surface area contributed by atoms with Gasteiger partial charge in [-0.25, -0.2) is 0 Å². The summed E-state index contributed by atoms with van der Waals surface area (Å²) in [5.74, 6) is -13.4. The Morgan fingerprint density at radius 1 is 0.677 bits per heavy atom. The number of amides is 9. The number of rotatable bonds is 27. The molecule has 0 bridgehead atoms. The average Bonchev–Trinajstić information content (AvgIpc) is 3.68. The molecule has 1 saturated heterocycles. The van der Waals surface area contributed by atoms with Crippen molar-refractivity contribution in [2.24, 2.45) is 27.9 Å². The third kappa shape index (κ3) is 19.3. The molecular weight excluding hydrogens is 830 g/mol. The summed E-state index contributed by atoms with van der Waals surface area (Å²) in [5, 5.41) is 43.3. The molecule has 0 spiro atoms. The lowest BCUT2D eigenvalue weighted by atomic mass is 10.1. The van der Waals surface area contributed by atoms with E-state index in [-0.39, 0.29) is 44.7 Å². The van der Waals surface area contributed by atoms with Gasteiger partial charge < -0.3 is 80.4 Å². The molecule has 1 rings (SSSR count). The fourth-order valence-electron chi connectivity index (χ4n) is 5.70. The molecule has 1 aliphatic rings. The molecule has 28 heteroatoms. The molecule has 62 heavy (non-hydrogen) atoms. The second-order valence-corrected chi connectivity index (χ2v) is 13.9. The van der Waals surface area contributed by atoms with Crippen LogP contribution in [0.2, 0.25) is 0 Å². The van der Waals surface area contributed by atoms with Crippen molar-refractivity contribution < 1.29 is 72.9 Å². The normalized spacial score (nSPS) is 16.0. The van der Waals surface area contributed by atoms with E-state index in [1.54, 1.807) is 0 Å². The minimum absolute atomic E-state index is 0.0258. The van der Waals surface area contributed by atoms with Crippen molar-refractivity contribution in [2.75, 3.05) is 26.2 Å². The number of nitrogens with one attached hydrogen (secondary N) is 7. The van der Waals surface area contributed by atoms with Gasteiger partial charge in [0, 0.05) is 19.5 Å². The number of carbonyl (C=O) groups is 12. The number of carbonyl (C=O) groups excluding carboxylic acids is 9. The number of nitrogens with two attached hydrogens (primary N) is 4. The number of likely N-dealkylation sites (tertiary alicyclic amines) is 1. The second kappa shape index (κ2) is 26.2. The maximum atomic E-state index is 13.5. The summed E-state index contributed by atoms with van der Waals surface area (Å²) < 4.78 is 0. The second-order valence-electron chi connectivity index (χ2n) is 13.9. The van der Waals surface area contributed by atoms with Crippen LogP contribution in [0, 0.1) is 0 Å². The van der Waals surface area contributed by atoms with E-state index in [4.69, 9.17) is 28.0 Å². The fraction of sp³-hybridized carbons (Fsp3) is 0.618. The molecule has 1 aliphatic heterocycles. The number of carboxylic acids is 3.